The van der Waals surface area contributed by atoms with Gasteiger partial charge in [-0.2, -0.15) is 0 Å². The van der Waals surface area contributed by atoms with E-state index in [1.54, 1.807) is 11.3 Å². The summed E-state index contributed by atoms with van der Waals surface area (Å²) in [6, 6.07) is 8.35. The molecule has 1 fully saturated rings. The molecule has 2 aromatic rings. The molecule has 0 saturated carbocycles. The molecule has 1 saturated heterocycles. The lowest BCUT2D eigenvalue weighted by Crippen LogP contribution is -2.32. The first-order chi connectivity index (χ1) is 8.84. The third-order valence-corrected chi connectivity index (χ3v) is 4.73. The maximum atomic E-state index is 12.3. The molecule has 2 nitrogen and oxygen atoms in total. The van der Waals surface area contributed by atoms with Crippen molar-refractivity contribution in [2.75, 3.05) is 13.1 Å². The fourth-order valence-electron chi connectivity index (χ4n) is 2.65. The molecule has 1 aliphatic rings. The van der Waals surface area contributed by atoms with E-state index in [1.807, 2.05) is 6.07 Å². The van der Waals surface area contributed by atoms with Crippen LogP contribution in [0.5, 0.6) is 0 Å². The molecule has 3 heteroatoms. The molecule has 1 aromatic carbocycles. The van der Waals surface area contributed by atoms with Crippen molar-refractivity contribution in [3.8, 4) is 0 Å². The Morgan fingerprint density at radius 1 is 1.28 bits per heavy atom. The zero-order valence-electron chi connectivity index (χ0n) is 10.3. The van der Waals surface area contributed by atoms with E-state index in [0.29, 0.717) is 12.2 Å². The zero-order chi connectivity index (χ0) is 12.4. The van der Waals surface area contributed by atoms with Gasteiger partial charge in [0.15, 0.2) is 0 Å². The summed E-state index contributed by atoms with van der Waals surface area (Å²) in [5.74, 6) is 0.685. The number of benzene rings is 1. The topological polar surface area (TPSA) is 29.1 Å². The van der Waals surface area contributed by atoms with Crippen LogP contribution in [0, 0.1) is 5.92 Å². The van der Waals surface area contributed by atoms with Crippen LogP contribution in [0.2, 0.25) is 0 Å². The molecular formula is C15H17NOS. The number of ketones is 1. The van der Waals surface area contributed by atoms with E-state index in [9.17, 15) is 4.79 Å². The van der Waals surface area contributed by atoms with Crippen LogP contribution in [0.15, 0.2) is 29.6 Å². The summed E-state index contributed by atoms with van der Waals surface area (Å²) in [7, 11) is 0. The Morgan fingerprint density at radius 2 is 2.06 bits per heavy atom. The van der Waals surface area contributed by atoms with Crippen molar-refractivity contribution in [1.29, 1.82) is 0 Å². The number of piperidine rings is 1. The van der Waals surface area contributed by atoms with Crippen molar-refractivity contribution in [2.24, 2.45) is 5.92 Å². The maximum absolute atomic E-state index is 12.3. The van der Waals surface area contributed by atoms with Crippen molar-refractivity contribution in [3.05, 3.63) is 35.2 Å². The van der Waals surface area contributed by atoms with E-state index in [-0.39, 0.29) is 5.92 Å². The average Bonchev–Trinajstić information content (AvgIpc) is 2.83. The molecule has 18 heavy (non-hydrogen) atoms. The lowest BCUT2D eigenvalue weighted by atomic mass is 9.90. The second-order valence-electron chi connectivity index (χ2n) is 4.92. The van der Waals surface area contributed by atoms with Crippen LogP contribution < -0.4 is 5.32 Å². The summed E-state index contributed by atoms with van der Waals surface area (Å²) < 4.78 is 1.28. The molecule has 0 atom stereocenters. The largest absolute Gasteiger partial charge is 0.317 e. The molecule has 1 N–H and O–H groups in total. The van der Waals surface area contributed by atoms with E-state index >= 15 is 0 Å². The summed E-state index contributed by atoms with van der Waals surface area (Å²) in [5.41, 5.74) is 1.21. The summed E-state index contributed by atoms with van der Waals surface area (Å²) in [6.07, 6.45) is 2.61. The summed E-state index contributed by atoms with van der Waals surface area (Å²) in [6.45, 7) is 1.97. The molecule has 1 aromatic heterocycles. The normalized spacial score (nSPS) is 17.1. The number of rotatable bonds is 3. The molecule has 0 aliphatic carbocycles. The predicted octanol–water partition coefficient (Wildman–Crippen LogP) is 3.01. The second-order valence-corrected chi connectivity index (χ2v) is 5.84. The number of Topliss-reactive ketones (excluding diaryl/α,β-unsaturated/α-hetero) is 1. The third kappa shape index (κ3) is 2.33. The Balaban J connectivity index is 1.77. The SMILES string of the molecule is O=C(Cc1csc2ccccc12)C1CCNCC1. The van der Waals surface area contributed by atoms with Gasteiger partial charge in [0, 0.05) is 17.0 Å². The quantitative estimate of drug-likeness (QED) is 0.918. The van der Waals surface area contributed by atoms with E-state index < -0.39 is 0 Å². The highest BCUT2D eigenvalue weighted by atomic mass is 32.1. The highest BCUT2D eigenvalue weighted by molar-refractivity contribution is 7.17. The lowest BCUT2D eigenvalue weighted by molar-refractivity contribution is -0.122. The summed E-state index contributed by atoms with van der Waals surface area (Å²) in [4.78, 5) is 12.3. The van der Waals surface area contributed by atoms with Gasteiger partial charge in [-0.15, -0.1) is 11.3 Å². The van der Waals surface area contributed by atoms with Gasteiger partial charge in [0.05, 0.1) is 0 Å². The number of nitrogens with one attached hydrogen (secondary N) is 1. The smallest absolute Gasteiger partial charge is 0.140 e. The first-order valence-corrected chi connectivity index (χ1v) is 7.41. The highest BCUT2D eigenvalue weighted by Gasteiger charge is 2.21. The van der Waals surface area contributed by atoms with Crippen molar-refractivity contribution in [2.45, 2.75) is 19.3 Å². The molecular weight excluding hydrogens is 242 g/mol. The fraction of sp³-hybridized carbons (Fsp3) is 0.400. The second kappa shape index (κ2) is 5.21. The number of carbonyl (C=O) groups excluding carboxylic acids is 1. The monoisotopic (exact) mass is 259 g/mol. The summed E-state index contributed by atoms with van der Waals surface area (Å²) >= 11 is 1.74. The molecule has 94 valence electrons. The number of thiophene rings is 1. The molecule has 0 amide bonds. The lowest BCUT2D eigenvalue weighted by Gasteiger charge is -2.21. The number of hydrogen-bond donors (Lipinski definition) is 1. The molecule has 0 unspecified atom stereocenters. The van der Waals surface area contributed by atoms with Gasteiger partial charge in [0.1, 0.15) is 5.78 Å². The van der Waals surface area contributed by atoms with Gasteiger partial charge in [-0.25, -0.2) is 0 Å². The minimum Gasteiger partial charge on any atom is -0.317 e. The summed E-state index contributed by atoms with van der Waals surface area (Å²) in [5, 5.41) is 6.70. The Labute approximate surface area is 111 Å². The van der Waals surface area contributed by atoms with Gasteiger partial charge in [0.2, 0.25) is 0 Å². The molecule has 0 radical (unpaired) electrons. The van der Waals surface area contributed by atoms with Crippen LogP contribution in [0.4, 0.5) is 0 Å². The fourth-order valence-corrected chi connectivity index (χ4v) is 3.61. The molecule has 1 aliphatic heterocycles. The first-order valence-electron chi connectivity index (χ1n) is 6.53. The Morgan fingerprint density at radius 3 is 2.89 bits per heavy atom. The zero-order valence-corrected chi connectivity index (χ0v) is 11.1. The van der Waals surface area contributed by atoms with Gasteiger partial charge in [0.25, 0.3) is 0 Å². The van der Waals surface area contributed by atoms with Crippen molar-refractivity contribution in [3.63, 3.8) is 0 Å². The van der Waals surface area contributed by atoms with Crippen LogP contribution in [-0.4, -0.2) is 18.9 Å². The third-order valence-electron chi connectivity index (χ3n) is 3.72. The van der Waals surface area contributed by atoms with Gasteiger partial charge >= 0.3 is 0 Å². The van der Waals surface area contributed by atoms with Gasteiger partial charge < -0.3 is 5.32 Å². The van der Waals surface area contributed by atoms with Crippen molar-refractivity contribution in [1.82, 2.24) is 5.32 Å². The van der Waals surface area contributed by atoms with Crippen LogP contribution >= 0.6 is 11.3 Å². The average molecular weight is 259 g/mol. The van der Waals surface area contributed by atoms with Crippen molar-refractivity contribution < 1.29 is 4.79 Å². The molecule has 0 bridgehead atoms. The number of fused-ring (bicyclic) bond motifs is 1. The van der Waals surface area contributed by atoms with E-state index in [2.05, 4.69) is 28.9 Å². The molecule has 2 heterocycles. The van der Waals surface area contributed by atoms with Gasteiger partial charge in [-0.3, -0.25) is 4.79 Å². The van der Waals surface area contributed by atoms with E-state index in [1.165, 1.54) is 15.6 Å². The van der Waals surface area contributed by atoms with Gasteiger partial charge in [-0.1, -0.05) is 18.2 Å². The number of carbonyl (C=O) groups is 1. The number of hydrogen-bond acceptors (Lipinski definition) is 3. The van der Waals surface area contributed by atoms with E-state index in [4.69, 9.17) is 0 Å². The van der Waals surface area contributed by atoms with E-state index in [0.717, 1.165) is 25.9 Å². The van der Waals surface area contributed by atoms with Crippen LogP contribution in [-0.2, 0) is 11.2 Å². The first kappa shape index (κ1) is 11.9. The van der Waals surface area contributed by atoms with Crippen LogP contribution in [0.1, 0.15) is 18.4 Å². The Kier molecular flexibility index (Phi) is 3.43. The van der Waals surface area contributed by atoms with Crippen molar-refractivity contribution >= 4 is 27.2 Å². The minimum atomic E-state index is 0.268. The van der Waals surface area contributed by atoms with Crippen LogP contribution in [0.25, 0.3) is 10.1 Å². The highest BCUT2D eigenvalue weighted by Crippen LogP contribution is 2.27. The van der Waals surface area contributed by atoms with Gasteiger partial charge in [-0.05, 0) is 48.3 Å². The standard InChI is InChI=1S/C15H17NOS/c17-14(11-5-7-16-8-6-11)9-12-10-18-15-4-2-1-3-13(12)15/h1-4,10-11,16H,5-9H2. The molecule has 0 spiro atoms. The van der Waals surface area contributed by atoms with Crippen LogP contribution in [0.3, 0.4) is 0 Å². The molecule has 3 rings (SSSR count). The Bertz CT molecular complexity index is 554. The Hall–Kier alpha value is -1.19. The minimum absolute atomic E-state index is 0.268. The predicted molar refractivity (Wildman–Crippen MR) is 76.1 cm³/mol. The maximum Gasteiger partial charge on any atom is 0.140 e.